The molecule has 0 unspecified atom stereocenters. The van der Waals surface area contributed by atoms with Crippen LogP contribution in [0.15, 0.2) is 30.6 Å². The van der Waals surface area contributed by atoms with Crippen LogP contribution in [0.5, 0.6) is 0 Å². The highest BCUT2D eigenvalue weighted by molar-refractivity contribution is 5.69. The average Bonchev–Trinajstić information content (AvgIpc) is 3.21. The summed E-state index contributed by atoms with van der Waals surface area (Å²) in [7, 11) is 1.48. The molecule has 1 fully saturated rings. The molecule has 1 saturated carbocycles. The van der Waals surface area contributed by atoms with Crippen LogP contribution < -0.4 is 4.90 Å². The average molecular weight is 422 g/mol. The van der Waals surface area contributed by atoms with Crippen LogP contribution in [-0.4, -0.2) is 55.2 Å². The fourth-order valence-corrected chi connectivity index (χ4v) is 5.25. The number of carbonyl (C=O) groups is 1. The summed E-state index contributed by atoms with van der Waals surface area (Å²) < 4.78 is 4.78. The molecule has 166 valence electrons. The number of hydrogen-bond donors (Lipinski definition) is 0. The Balaban J connectivity index is 1.29. The molecule has 5 heteroatoms. The van der Waals surface area contributed by atoms with E-state index in [4.69, 9.17) is 11.2 Å². The van der Waals surface area contributed by atoms with Gasteiger partial charge in [-0.2, -0.15) is 0 Å². The molecule has 0 radical (unpaired) electrons. The van der Waals surface area contributed by atoms with Gasteiger partial charge in [-0.15, -0.1) is 6.42 Å². The quantitative estimate of drug-likeness (QED) is 0.516. The molecular formula is C26H35N3O2. The number of nitrogens with zero attached hydrogens (tertiary/aromatic N) is 3. The van der Waals surface area contributed by atoms with Crippen molar-refractivity contribution < 1.29 is 9.53 Å². The van der Waals surface area contributed by atoms with Gasteiger partial charge in [-0.25, -0.2) is 0 Å². The number of rotatable bonds is 6. The van der Waals surface area contributed by atoms with Crippen LogP contribution in [0, 0.1) is 18.3 Å². The first-order valence-corrected chi connectivity index (χ1v) is 11.7. The van der Waals surface area contributed by atoms with Crippen LogP contribution in [0.3, 0.4) is 0 Å². The molecule has 0 aromatic heterocycles. The van der Waals surface area contributed by atoms with Crippen LogP contribution in [-0.2, 0) is 22.4 Å². The summed E-state index contributed by atoms with van der Waals surface area (Å²) in [5.41, 5.74) is 4.22. The van der Waals surface area contributed by atoms with Crippen molar-refractivity contribution in [2.24, 2.45) is 5.92 Å². The second kappa shape index (κ2) is 10.2. The van der Waals surface area contributed by atoms with E-state index in [2.05, 4.69) is 51.2 Å². The zero-order chi connectivity index (χ0) is 21.6. The Hall–Kier alpha value is -2.45. The highest BCUT2D eigenvalue weighted by atomic mass is 16.5. The molecule has 2 aliphatic heterocycles. The molecule has 1 aromatic carbocycles. The van der Waals surface area contributed by atoms with Crippen molar-refractivity contribution in [3.8, 4) is 12.3 Å². The largest absolute Gasteiger partial charge is 0.469 e. The molecule has 0 N–H and O–H groups in total. The number of hydrogen-bond acceptors (Lipinski definition) is 5. The van der Waals surface area contributed by atoms with Crippen LogP contribution in [0.2, 0.25) is 0 Å². The van der Waals surface area contributed by atoms with Crippen molar-refractivity contribution in [2.45, 2.75) is 57.4 Å². The summed E-state index contributed by atoms with van der Waals surface area (Å²) in [4.78, 5) is 18.6. The molecule has 0 bridgehead atoms. The highest BCUT2D eigenvalue weighted by Crippen LogP contribution is 2.33. The van der Waals surface area contributed by atoms with Crippen molar-refractivity contribution >= 4 is 11.7 Å². The lowest BCUT2D eigenvalue weighted by atomic mass is 9.83. The van der Waals surface area contributed by atoms with Gasteiger partial charge in [-0.1, -0.05) is 12.0 Å². The number of ether oxygens (including phenoxy) is 1. The highest BCUT2D eigenvalue weighted by Gasteiger charge is 2.28. The summed E-state index contributed by atoms with van der Waals surface area (Å²) in [5, 5.41) is 0. The first-order valence-electron chi connectivity index (χ1n) is 11.7. The lowest BCUT2D eigenvalue weighted by molar-refractivity contribution is -0.141. The third kappa shape index (κ3) is 5.43. The van der Waals surface area contributed by atoms with Gasteiger partial charge < -0.3 is 14.5 Å². The monoisotopic (exact) mass is 421 g/mol. The maximum Gasteiger partial charge on any atom is 0.305 e. The SMILES string of the molecule is C#CCN1CCc2ccc(N3C=CN([C@H]4CC[C@H](CCC(=O)OC)CC4)C3)cc2CC1. The number of esters is 1. The van der Waals surface area contributed by atoms with E-state index in [1.807, 2.05) is 0 Å². The Morgan fingerprint density at radius 2 is 1.90 bits per heavy atom. The first-order chi connectivity index (χ1) is 15.2. The lowest BCUT2D eigenvalue weighted by Crippen LogP contribution is -2.36. The summed E-state index contributed by atoms with van der Waals surface area (Å²) in [6.07, 6.45) is 18.5. The predicted octanol–water partition coefficient (Wildman–Crippen LogP) is 3.78. The van der Waals surface area contributed by atoms with Gasteiger partial charge in [0.1, 0.15) is 0 Å². The van der Waals surface area contributed by atoms with Gasteiger partial charge >= 0.3 is 5.97 Å². The summed E-state index contributed by atoms with van der Waals surface area (Å²) in [6, 6.07) is 7.57. The van der Waals surface area contributed by atoms with Gasteiger partial charge in [0.05, 0.1) is 20.3 Å². The number of carbonyl (C=O) groups excluding carboxylic acids is 1. The van der Waals surface area contributed by atoms with E-state index in [0.29, 0.717) is 18.4 Å². The van der Waals surface area contributed by atoms with Crippen molar-refractivity contribution in [1.29, 1.82) is 0 Å². The third-order valence-corrected chi connectivity index (χ3v) is 7.25. The van der Waals surface area contributed by atoms with Gasteiger partial charge in [0.2, 0.25) is 0 Å². The Morgan fingerprint density at radius 3 is 2.65 bits per heavy atom. The minimum absolute atomic E-state index is 0.0789. The van der Waals surface area contributed by atoms with E-state index < -0.39 is 0 Å². The van der Waals surface area contributed by atoms with Crippen LogP contribution in [0.25, 0.3) is 0 Å². The zero-order valence-corrected chi connectivity index (χ0v) is 18.8. The number of methoxy groups -OCH3 is 1. The predicted molar refractivity (Wildman–Crippen MR) is 124 cm³/mol. The van der Waals surface area contributed by atoms with Crippen molar-refractivity contribution in [3.63, 3.8) is 0 Å². The van der Waals surface area contributed by atoms with E-state index in [9.17, 15) is 4.79 Å². The summed E-state index contributed by atoms with van der Waals surface area (Å²) in [5.74, 6) is 3.37. The third-order valence-electron chi connectivity index (χ3n) is 7.25. The molecule has 1 aliphatic carbocycles. The van der Waals surface area contributed by atoms with Crippen molar-refractivity contribution in [1.82, 2.24) is 9.80 Å². The van der Waals surface area contributed by atoms with E-state index in [1.165, 1.54) is 49.6 Å². The van der Waals surface area contributed by atoms with Gasteiger partial charge in [0, 0.05) is 43.6 Å². The molecule has 5 nitrogen and oxygen atoms in total. The zero-order valence-electron chi connectivity index (χ0n) is 18.8. The molecule has 1 aromatic rings. The van der Waals surface area contributed by atoms with Crippen molar-refractivity contribution in [3.05, 3.63) is 41.7 Å². The van der Waals surface area contributed by atoms with Gasteiger partial charge in [-0.05, 0) is 74.1 Å². The topological polar surface area (TPSA) is 36.0 Å². The number of terminal acetylenes is 1. The lowest BCUT2D eigenvalue weighted by Gasteiger charge is -2.35. The molecule has 0 amide bonds. The second-order valence-corrected chi connectivity index (χ2v) is 9.15. The second-order valence-electron chi connectivity index (χ2n) is 9.15. The van der Waals surface area contributed by atoms with Crippen LogP contribution in [0.4, 0.5) is 5.69 Å². The smallest absolute Gasteiger partial charge is 0.305 e. The van der Waals surface area contributed by atoms with Crippen molar-refractivity contribution in [2.75, 3.05) is 38.3 Å². The Bertz CT molecular complexity index is 836. The molecule has 0 spiro atoms. The minimum Gasteiger partial charge on any atom is -0.469 e. The molecule has 2 heterocycles. The standard InChI is InChI=1S/C26H35N3O2/c1-3-14-27-15-12-22-7-10-25(19-23(22)13-16-27)29-18-17-28(20-29)24-8-4-21(5-9-24)6-11-26(30)31-2/h1,7,10,17-19,21,24H,4-6,8-9,11-16,20H2,2H3/t21-,24-. The number of benzene rings is 1. The fourth-order valence-electron chi connectivity index (χ4n) is 5.25. The van der Waals surface area contributed by atoms with E-state index in [0.717, 1.165) is 45.6 Å². The molecule has 31 heavy (non-hydrogen) atoms. The number of fused-ring (bicyclic) bond motifs is 1. The summed E-state index contributed by atoms with van der Waals surface area (Å²) >= 11 is 0. The molecule has 0 saturated heterocycles. The molecule has 3 aliphatic rings. The maximum atomic E-state index is 11.4. The van der Waals surface area contributed by atoms with Gasteiger partial charge in [0.15, 0.2) is 0 Å². The Labute approximate surface area is 187 Å². The molecular weight excluding hydrogens is 386 g/mol. The van der Waals surface area contributed by atoms with Gasteiger partial charge in [-0.3, -0.25) is 9.69 Å². The maximum absolute atomic E-state index is 11.4. The Kier molecular flexibility index (Phi) is 7.19. The first kappa shape index (κ1) is 21.8. The normalized spacial score (nSPS) is 23.9. The molecule has 0 atom stereocenters. The van der Waals surface area contributed by atoms with E-state index >= 15 is 0 Å². The number of anilines is 1. The van der Waals surface area contributed by atoms with Crippen LogP contribution >= 0.6 is 0 Å². The van der Waals surface area contributed by atoms with E-state index in [1.54, 1.807) is 0 Å². The van der Waals surface area contributed by atoms with Gasteiger partial charge in [0.25, 0.3) is 0 Å². The fraction of sp³-hybridized carbons (Fsp3) is 0.577. The van der Waals surface area contributed by atoms with E-state index in [-0.39, 0.29) is 5.97 Å². The van der Waals surface area contributed by atoms with Crippen LogP contribution in [0.1, 0.15) is 49.7 Å². The summed E-state index contributed by atoms with van der Waals surface area (Å²) in [6.45, 7) is 3.77. The Morgan fingerprint density at radius 1 is 1.13 bits per heavy atom. The molecule has 4 rings (SSSR count). The minimum atomic E-state index is -0.0789.